The van der Waals surface area contributed by atoms with Gasteiger partial charge in [0.05, 0.1) is 6.61 Å². The average Bonchev–Trinajstić information content (AvgIpc) is 2.88. The molecule has 4 rings (SSSR count). The third-order valence-corrected chi connectivity index (χ3v) is 7.43. The second kappa shape index (κ2) is 14.0. The number of aliphatic hydroxyl groups excluding tert-OH is 1. The third-order valence-electron chi connectivity index (χ3n) is 7.43. The van der Waals surface area contributed by atoms with Crippen LogP contribution in [0.5, 0.6) is 0 Å². The lowest BCUT2D eigenvalue weighted by Crippen LogP contribution is -2.19. The van der Waals surface area contributed by atoms with E-state index in [4.69, 9.17) is 5.53 Å². The van der Waals surface area contributed by atoms with Crippen LogP contribution in [0.4, 0.5) is 0 Å². The lowest BCUT2D eigenvalue weighted by Gasteiger charge is -2.29. The van der Waals surface area contributed by atoms with Crippen molar-refractivity contribution in [2.45, 2.75) is 76.0 Å². The van der Waals surface area contributed by atoms with E-state index in [1.165, 1.54) is 75.3 Å². The fourth-order valence-electron chi connectivity index (χ4n) is 5.65. The van der Waals surface area contributed by atoms with Gasteiger partial charge < -0.3 is 5.11 Å². The first-order valence-electron chi connectivity index (χ1n) is 12.5. The Hall–Kier alpha value is -2.29. The van der Waals surface area contributed by atoms with E-state index >= 15 is 0 Å². The van der Waals surface area contributed by atoms with Gasteiger partial charge in [-0.25, -0.2) is 0 Å². The van der Waals surface area contributed by atoms with Gasteiger partial charge in [-0.05, 0) is 60.1 Å². The molecule has 2 aromatic rings. The highest BCUT2D eigenvalue weighted by molar-refractivity contribution is 5.21. The average molecular weight is 434 g/mol. The summed E-state index contributed by atoms with van der Waals surface area (Å²) in [6, 6.07) is 21.0. The van der Waals surface area contributed by atoms with Crippen molar-refractivity contribution in [3.8, 4) is 0 Å². The van der Waals surface area contributed by atoms with E-state index in [2.05, 4.69) is 58.6 Å². The van der Waals surface area contributed by atoms with Gasteiger partial charge in [0.25, 0.3) is 0 Å². The third kappa shape index (κ3) is 7.39. The Morgan fingerprint density at radius 1 is 0.719 bits per heavy atom. The highest BCUT2D eigenvalue weighted by atomic mass is 16.3. The number of azide groups is 1. The first-order valence-corrected chi connectivity index (χ1v) is 12.5. The molecular formula is C28H39N3O. The van der Waals surface area contributed by atoms with E-state index in [9.17, 15) is 5.11 Å². The highest BCUT2D eigenvalue weighted by Gasteiger charge is 2.25. The fourth-order valence-corrected chi connectivity index (χ4v) is 5.65. The maximum atomic E-state index is 9.53. The van der Waals surface area contributed by atoms with Crippen molar-refractivity contribution < 1.29 is 5.11 Å². The molecule has 0 spiro atoms. The molecule has 172 valence electrons. The zero-order valence-corrected chi connectivity index (χ0v) is 19.4. The Morgan fingerprint density at radius 3 is 1.59 bits per heavy atom. The second-order valence-electron chi connectivity index (χ2n) is 9.43. The van der Waals surface area contributed by atoms with Crippen LogP contribution in [0.25, 0.3) is 10.4 Å². The highest BCUT2D eigenvalue weighted by Crippen LogP contribution is 2.37. The summed E-state index contributed by atoms with van der Waals surface area (Å²) in [5.41, 5.74) is 11.2. The van der Waals surface area contributed by atoms with Crippen molar-refractivity contribution in [1.29, 1.82) is 0 Å². The Morgan fingerprint density at radius 2 is 1.16 bits per heavy atom. The van der Waals surface area contributed by atoms with Gasteiger partial charge in [-0.2, -0.15) is 0 Å². The Bertz CT molecular complexity index is 792. The molecule has 4 nitrogen and oxygen atoms in total. The number of nitrogens with zero attached hydrogens (tertiary/aromatic N) is 3. The van der Waals surface area contributed by atoms with Crippen LogP contribution in [0.15, 0.2) is 65.8 Å². The maximum absolute atomic E-state index is 9.53. The molecule has 2 atom stereocenters. The number of hydrogen-bond donors (Lipinski definition) is 1. The number of aliphatic hydroxyl groups is 1. The minimum absolute atomic E-state index is 0.300. The van der Waals surface area contributed by atoms with Crippen LogP contribution in [-0.2, 0) is 0 Å². The summed E-state index contributed by atoms with van der Waals surface area (Å²) >= 11 is 0. The topological polar surface area (TPSA) is 69.0 Å². The molecule has 0 aromatic heterocycles. The first-order chi connectivity index (χ1) is 15.8. The predicted molar refractivity (Wildman–Crippen MR) is 133 cm³/mol. The van der Waals surface area contributed by atoms with Crippen molar-refractivity contribution in [2.75, 3.05) is 13.2 Å². The standard InChI is InChI=1S/C14H19N3.C14H20O/c15-17-16-11-14(12-7-3-1-4-8-12)13-9-5-2-6-10-13;15-11-14(12-7-3-1-4-8-12)13-9-5-2-6-10-13/h1,3-4,7-8,13-14H,2,5-6,9-11H2;1,3-4,7-8,13-15H,2,5-6,9-11H2. The smallest absolute Gasteiger partial charge is 0.0502 e. The summed E-state index contributed by atoms with van der Waals surface area (Å²) in [4.78, 5) is 2.92. The Kier molecular flexibility index (Phi) is 10.6. The molecule has 32 heavy (non-hydrogen) atoms. The van der Waals surface area contributed by atoms with E-state index in [1.807, 2.05) is 12.1 Å². The molecule has 2 unspecified atom stereocenters. The van der Waals surface area contributed by atoms with Crippen molar-refractivity contribution in [3.05, 3.63) is 82.2 Å². The van der Waals surface area contributed by atoms with Crippen LogP contribution < -0.4 is 0 Å². The normalized spacial score (nSPS) is 19.2. The van der Waals surface area contributed by atoms with Gasteiger partial charge in [-0.1, -0.05) is 104 Å². The summed E-state index contributed by atoms with van der Waals surface area (Å²) in [7, 11) is 0. The molecule has 0 bridgehead atoms. The maximum Gasteiger partial charge on any atom is 0.0502 e. The van der Waals surface area contributed by atoms with Crippen LogP contribution in [-0.4, -0.2) is 18.3 Å². The molecule has 0 radical (unpaired) electrons. The van der Waals surface area contributed by atoms with Gasteiger partial charge in [-0.15, -0.1) is 0 Å². The molecular weight excluding hydrogens is 394 g/mol. The van der Waals surface area contributed by atoms with Crippen molar-refractivity contribution in [3.63, 3.8) is 0 Å². The van der Waals surface area contributed by atoms with E-state index < -0.39 is 0 Å². The number of rotatable bonds is 7. The molecule has 2 saturated carbocycles. The number of benzene rings is 2. The summed E-state index contributed by atoms with van der Waals surface area (Å²) in [6.45, 7) is 0.903. The fraction of sp³-hybridized carbons (Fsp3) is 0.571. The molecule has 1 N–H and O–H groups in total. The molecule has 2 aliphatic rings. The zero-order valence-electron chi connectivity index (χ0n) is 19.4. The van der Waals surface area contributed by atoms with Gasteiger partial charge in [0.15, 0.2) is 0 Å². The van der Waals surface area contributed by atoms with Crippen LogP contribution in [0.3, 0.4) is 0 Å². The monoisotopic (exact) mass is 433 g/mol. The lowest BCUT2D eigenvalue weighted by molar-refractivity contribution is 0.196. The Labute approximate surface area is 193 Å². The summed E-state index contributed by atoms with van der Waals surface area (Å²) in [6.07, 6.45) is 13.2. The SMILES string of the molecule is OCC(c1ccccc1)C1CCCCC1.[N-]=[N+]=NCC(c1ccccc1)C1CCCCC1. The zero-order chi connectivity index (χ0) is 22.4. The lowest BCUT2D eigenvalue weighted by atomic mass is 9.77. The summed E-state index contributed by atoms with van der Waals surface area (Å²) in [5, 5.41) is 13.3. The van der Waals surface area contributed by atoms with E-state index in [0.29, 0.717) is 36.8 Å². The molecule has 2 aromatic carbocycles. The Balaban J connectivity index is 0.000000182. The van der Waals surface area contributed by atoms with Crippen LogP contribution in [0.1, 0.15) is 87.2 Å². The largest absolute Gasteiger partial charge is 0.396 e. The molecule has 2 fully saturated rings. The minimum atomic E-state index is 0.300. The quantitative estimate of drug-likeness (QED) is 0.268. The van der Waals surface area contributed by atoms with E-state index in [0.717, 1.165) is 0 Å². The van der Waals surface area contributed by atoms with Crippen LogP contribution in [0, 0.1) is 11.8 Å². The molecule has 0 saturated heterocycles. The molecule has 4 heteroatoms. The molecule has 0 amide bonds. The second-order valence-corrected chi connectivity index (χ2v) is 9.43. The molecule has 0 aliphatic heterocycles. The minimum Gasteiger partial charge on any atom is -0.396 e. The van der Waals surface area contributed by atoms with Gasteiger partial charge >= 0.3 is 0 Å². The van der Waals surface area contributed by atoms with Crippen LogP contribution >= 0.6 is 0 Å². The summed E-state index contributed by atoms with van der Waals surface area (Å²) in [5.74, 6) is 2.17. The van der Waals surface area contributed by atoms with Crippen LogP contribution in [0.2, 0.25) is 0 Å². The van der Waals surface area contributed by atoms with Gasteiger partial charge in [0, 0.05) is 17.4 Å². The molecule has 2 aliphatic carbocycles. The predicted octanol–water partition coefficient (Wildman–Crippen LogP) is 8.00. The van der Waals surface area contributed by atoms with E-state index in [-0.39, 0.29) is 0 Å². The van der Waals surface area contributed by atoms with E-state index in [1.54, 1.807) is 0 Å². The van der Waals surface area contributed by atoms with Crippen molar-refractivity contribution >= 4 is 0 Å². The van der Waals surface area contributed by atoms with Crippen molar-refractivity contribution in [1.82, 2.24) is 0 Å². The van der Waals surface area contributed by atoms with Gasteiger partial charge in [0.1, 0.15) is 0 Å². The van der Waals surface area contributed by atoms with Gasteiger partial charge in [0.2, 0.25) is 0 Å². The number of hydrogen-bond acceptors (Lipinski definition) is 2. The summed E-state index contributed by atoms with van der Waals surface area (Å²) < 4.78 is 0. The van der Waals surface area contributed by atoms with Gasteiger partial charge in [-0.3, -0.25) is 0 Å². The molecule has 0 heterocycles. The first kappa shape index (κ1) is 24.4. The van der Waals surface area contributed by atoms with Crippen molar-refractivity contribution in [2.24, 2.45) is 17.0 Å².